The molecule has 1 N–H and O–H groups in total. The predicted octanol–water partition coefficient (Wildman–Crippen LogP) is 1.90. The number of thioether (sulfide) groups is 1. The molecule has 2 rings (SSSR count). The van der Waals surface area contributed by atoms with E-state index in [1.807, 2.05) is 0 Å². The Morgan fingerprint density at radius 3 is 2.64 bits per heavy atom. The molecule has 0 unspecified atom stereocenters. The molecule has 14 heavy (non-hydrogen) atoms. The van der Waals surface area contributed by atoms with Gasteiger partial charge in [-0.2, -0.15) is 11.8 Å². The minimum absolute atomic E-state index is 0.727. The zero-order valence-corrected chi connectivity index (χ0v) is 9.65. The summed E-state index contributed by atoms with van der Waals surface area (Å²) in [6.07, 6.45) is 5.38. The second-order valence-corrected chi connectivity index (χ2v) is 5.51. The largest absolute Gasteiger partial charge is 0.381 e. The van der Waals surface area contributed by atoms with Crippen LogP contribution in [0.4, 0.5) is 0 Å². The first-order valence-electron chi connectivity index (χ1n) is 5.84. The number of hydrogen-bond donors (Lipinski definition) is 1. The van der Waals surface area contributed by atoms with Crippen LogP contribution in [0.25, 0.3) is 0 Å². The Kier molecular flexibility index (Phi) is 4.61. The van der Waals surface area contributed by atoms with Crippen molar-refractivity contribution in [3.63, 3.8) is 0 Å². The minimum atomic E-state index is 0.727. The zero-order valence-electron chi connectivity index (χ0n) is 8.84. The smallest absolute Gasteiger partial charge is 0.0480 e. The lowest BCUT2D eigenvalue weighted by molar-refractivity contribution is 0.0786. The summed E-state index contributed by atoms with van der Waals surface area (Å²) in [5.41, 5.74) is 0. The van der Waals surface area contributed by atoms with E-state index in [4.69, 9.17) is 4.74 Å². The molecule has 3 heteroatoms. The van der Waals surface area contributed by atoms with Gasteiger partial charge < -0.3 is 10.1 Å². The van der Waals surface area contributed by atoms with Gasteiger partial charge in [-0.3, -0.25) is 0 Å². The molecule has 82 valence electrons. The highest BCUT2D eigenvalue weighted by Gasteiger charge is 2.20. The Morgan fingerprint density at radius 2 is 1.93 bits per heavy atom. The number of rotatable bonds is 6. The number of ether oxygens (including phenoxy) is 1. The quantitative estimate of drug-likeness (QED) is 0.684. The van der Waals surface area contributed by atoms with Crippen LogP contribution in [0.15, 0.2) is 0 Å². The summed E-state index contributed by atoms with van der Waals surface area (Å²) in [6, 6.07) is 0.727. The SMILES string of the molecule is C(CSCC1CC1)NC1CCOCC1. The highest BCUT2D eigenvalue weighted by molar-refractivity contribution is 7.99. The predicted molar refractivity (Wildman–Crippen MR) is 61.9 cm³/mol. The molecule has 0 bridgehead atoms. The first-order chi connectivity index (χ1) is 6.95. The fourth-order valence-electron chi connectivity index (χ4n) is 1.77. The van der Waals surface area contributed by atoms with Crippen molar-refractivity contribution in [3.05, 3.63) is 0 Å². The van der Waals surface area contributed by atoms with E-state index in [0.717, 1.165) is 25.2 Å². The van der Waals surface area contributed by atoms with E-state index in [1.54, 1.807) is 0 Å². The van der Waals surface area contributed by atoms with Gasteiger partial charge >= 0.3 is 0 Å². The van der Waals surface area contributed by atoms with Gasteiger partial charge in [0.2, 0.25) is 0 Å². The third kappa shape index (κ3) is 4.20. The van der Waals surface area contributed by atoms with Crippen LogP contribution in [-0.2, 0) is 4.74 Å². The van der Waals surface area contributed by atoms with Crippen LogP contribution in [0.3, 0.4) is 0 Å². The average molecular weight is 215 g/mol. The lowest BCUT2D eigenvalue weighted by atomic mass is 10.1. The second-order valence-electron chi connectivity index (χ2n) is 4.36. The third-order valence-corrected chi connectivity index (χ3v) is 4.15. The van der Waals surface area contributed by atoms with Crippen molar-refractivity contribution in [3.8, 4) is 0 Å². The van der Waals surface area contributed by atoms with Gasteiger partial charge in [-0.25, -0.2) is 0 Å². The molecule has 1 aliphatic carbocycles. The molecule has 0 amide bonds. The van der Waals surface area contributed by atoms with Crippen LogP contribution < -0.4 is 5.32 Å². The van der Waals surface area contributed by atoms with Crippen LogP contribution in [0.5, 0.6) is 0 Å². The molecular weight excluding hydrogens is 194 g/mol. The maximum absolute atomic E-state index is 5.32. The molecule has 2 fully saturated rings. The van der Waals surface area contributed by atoms with E-state index >= 15 is 0 Å². The van der Waals surface area contributed by atoms with E-state index in [-0.39, 0.29) is 0 Å². The van der Waals surface area contributed by atoms with Crippen LogP contribution in [0, 0.1) is 5.92 Å². The van der Waals surface area contributed by atoms with Gasteiger partial charge in [0.15, 0.2) is 0 Å². The van der Waals surface area contributed by atoms with Crippen molar-refractivity contribution >= 4 is 11.8 Å². The Balaban J connectivity index is 1.41. The molecule has 1 heterocycles. The molecule has 1 saturated heterocycles. The van der Waals surface area contributed by atoms with Crippen LogP contribution in [-0.4, -0.2) is 37.3 Å². The standard InChI is InChI=1S/C11H21NOS/c1-2-10(1)9-14-8-5-12-11-3-6-13-7-4-11/h10-12H,1-9H2. The molecule has 1 aliphatic heterocycles. The van der Waals surface area contributed by atoms with E-state index in [9.17, 15) is 0 Å². The van der Waals surface area contributed by atoms with Crippen molar-refractivity contribution in [2.75, 3.05) is 31.3 Å². The summed E-state index contributed by atoms with van der Waals surface area (Å²) in [7, 11) is 0. The summed E-state index contributed by atoms with van der Waals surface area (Å²) in [6.45, 7) is 3.09. The van der Waals surface area contributed by atoms with Gasteiger partial charge in [0.25, 0.3) is 0 Å². The molecule has 1 saturated carbocycles. The van der Waals surface area contributed by atoms with Crippen molar-refractivity contribution in [2.45, 2.75) is 31.7 Å². The molecule has 2 nitrogen and oxygen atoms in total. The Morgan fingerprint density at radius 1 is 1.14 bits per heavy atom. The minimum Gasteiger partial charge on any atom is -0.381 e. The summed E-state index contributed by atoms with van der Waals surface area (Å²) < 4.78 is 5.32. The molecule has 0 aromatic heterocycles. The van der Waals surface area contributed by atoms with Gasteiger partial charge in [-0.1, -0.05) is 0 Å². The van der Waals surface area contributed by atoms with Gasteiger partial charge in [-0.15, -0.1) is 0 Å². The maximum atomic E-state index is 5.32. The Labute approximate surface area is 91.2 Å². The molecule has 0 aromatic carbocycles. The highest BCUT2D eigenvalue weighted by Crippen LogP contribution is 2.32. The van der Waals surface area contributed by atoms with E-state index in [1.165, 1.54) is 43.7 Å². The van der Waals surface area contributed by atoms with Crippen molar-refractivity contribution in [1.82, 2.24) is 5.32 Å². The first-order valence-corrected chi connectivity index (χ1v) is 6.99. The lowest BCUT2D eigenvalue weighted by Crippen LogP contribution is -2.36. The van der Waals surface area contributed by atoms with Crippen molar-refractivity contribution < 1.29 is 4.74 Å². The maximum Gasteiger partial charge on any atom is 0.0480 e. The van der Waals surface area contributed by atoms with Gasteiger partial charge in [0, 0.05) is 31.6 Å². The van der Waals surface area contributed by atoms with Crippen LogP contribution in [0.2, 0.25) is 0 Å². The van der Waals surface area contributed by atoms with Gasteiger partial charge in [0.05, 0.1) is 0 Å². The number of hydrogen-bond acceptors (Lipinski definition) is 3. The van der Waals surface area contributed by atoms with E-state index < -0.39 is 0 Å². The number of nitrogens with one attached hydrogen (secondary N) is 1. The summed E-state index contributed by atoms with van der Waals surface area (Å²) >= 11 is 2.12. The zero-order chi connectivity index (χ0) is 9.64. The lowest BCUT2D eigenvalue weighted by Gasteiger charge is -2.23. The summed E-state index contributed by atoms with van der Waals surface area (Å²) in [4.78, 5) is 0. The molecule has 2 aliphatic rings. The normalized spacial score (nSPS) is 24.0. The summed E-state index contributed by atoms with van der Waals surface area (Å²) in [5, 5.41) is 3.61. The monoisotopic (exact) mass is 215 g/mol. The van der Waals surface area contributed by atoms with Gasteiger partial charge in [-0.05, 0) is 37.4 Å². The highest BCUT2D eigenvalue weighted by atomic mass is 32.2. The molecule has 0 atom stereocenters. The van der Waals surface area contributed by atoms with Crippen LogP contribution in [0.1, 0.15) is 25.7 Å². The van der Waals surface area contributed by atoms with Gasteiger partial charge in [0.1, 0.15) is 0 Å². The van der Waals surface area contributed by atoms with Crippen LogP contribution >= 0.6 is 11.8 Å². The summed E-state index contributed by atoms with van der Waals surface area (Å²) in [5.74, 6) is 3.76. The second kappa shape index (κ2) is 5.99. The molecular formula is C11H21NOS. The fourth-order valence-corrected chi connectivity index (χ4v) is 2.87. The van der Waals surface area contributed by atoms with E-state index in [2.05, 4.69) is 17.1 Å². The average Bonchev–Trinajstić information content (AvgIpc) is 3.03. The first kappa shape index (κ1) is 10.8. The van der Waals surface area contributed by atoms with Crippen molar-refractivity contribution in [2.24, 2.45) is 5.92 Å². The Bertz CT molecular complexity index is 155. The van der Waals surface area contributed by atoms with E-state index in [0.29, 0.717) is 0 Å². The fraction of sp³-hybridized carbons (Fsp3) is 1.00. The molecule has 0 aromatic rings. The molecule has 0 radical (unpaired) electrons. The van der Waals surface area contributed by atoms with Crippen molar-refractivity contribution in [1.29, 1.82) is 0 Å². The molecule has 0 spiro atoms. The Hall–Kier alpha value is 0.270. The third-order valence-electron chi connectivity index (χ3n) is 2.95. The topological polar surface area (TPSA) is 21.3 Å².